The lowest BCUT2D eigenvalue weighted by molar-refractivity contribution is -0.121. The number of amides is 1. The molecule has 1 aliphatic rings. The van der Waals surface area contributed by atoms with Gasteiger partial charge in [0.15, 0.2) is 0 Å². The molecule has 4 nitrogen and oxygen atoms in total. The van der Waals surface area contributed by atoms with E-state index >= 15 is 0 Å². The van der Waals surface area contributed by atoms with Gasteiger partial charge in [-0.05, 0) is 23.3 Å². The van der Waals surface area contributed by atoms with Crippen LogP contribution >= 0.6 is 23.2 Å². The van der Waals surface area contributed by atoms with Gasteiger partial charge in [-0.3, -0.25) is 9.69 Å². The maximum Gasteiger partial charge on any atom is 0.225 e. The van der Waals surface area contributed by atoms with E-state index in [-0.39, 0.29) is 18.4 Å². The Labute approximate surface area is 164 Å². The number of benzene rings is 2. The average molecular weight is 393 g/mol. The zero-order valence-corrected chi connectivity index (χ0v) is 16.0. The Kier molecular flexibility index (Phi) is 6.92. The Morgan fingerprint density at radius 1 is 1.12 bits per heavy atom. The number of nitrogens with one attached hydrogen (secondary N) is 1. The van der Waals surface area contributed by atoms with Crippen molar-refractivity contribution in [3.8, 4) is 0 Å². The summed E-state index contributed by atoms with van der Waals surface area (Å²) < 4.78 is 5.42. The van der Waals surface area contributed by atoms with Crippen LogP contribution in [0.3, 0.4) is 0 Å². The summed E-state index contributed by atoms with van der Waals surface area (Å²) in [5, 5.41) is 4.23. The van der Waals surface area contributed by atoms with Gasteiger partial charge in [0, 0.05) is 29.7 Å². The van der Waals surface area contributed by atoms with E-state index in [0.29, 0.717) is 10.0 Å². The normalized spacial score (nSPS) is 16.2. The van der Waals surface area contributed by atoms with E-state index in [4.69, 9.17) is 27.9 Å². The topological polar surface area (TPSA) is 41.6 Å². The highest BCUT2D eigenvalue weighted by molar-refractivity contribution is 6.35. The predicted octanol–water partition coefficient (Wildman–Crippen LogP) is 3.73. The van der Waals surface area contributed by atoms with E-state index in [1.165, 1.54) is 0 Å². The molecule has 1 atom stereocenters. The molecular formula is C20H22Cl2N2O2. The number of halogens is 2. The van der Waals surface area contributed by atoms with Crippen molar-refractivity contribution in [2.45, 2.75) is 12.5 Å². The van der Waals surface area contributed by atoms with Crippen LogP contribution in [-0.2, 0) is 16.0 Å². The molecule has 1 unspecified atom stereocenters. The summed E-state index contributed by atoms with van der Waals surface area (Å²) in [4.78, 5) is 14.9. The first-order chi connectivity index (χ1) is 12.6. The Hall–Kier alpha value is -1.59. The second kappa shape index (κ2) is 9.38. The molecule has 2 aromatic rings. The highest BCUT2D eigenvalue weighted by Crippen LogP contribution is 2.22. The highest BCUT2D eigenvalue weighted by Gasteiger charge is 2.20. The Balaban J connectivity index is 1.68. The smallest absolute Gasteiger partial charge is 0.225 e. The van der Waals surface area contributed by atoms with Crippen LogP contribution in [0.1, 0.15) is 17.2 Å². The van der Waals surface area contributed by atoms with Crippen molar-refractivity contribution in [3.63, 3.8) is 0 Å². The SMILES string of the molecule is O=C(Cc1ccc(Cl)cc1Cl)NC(CN1CCOCC1)c1ccccc1. The molecule has 26 heavy (non-hydrogen) atoms. The van der Waals surface area contributed by atoms with Crippen LogP contribution in [0.5, 0.6) is 0 Å². The predicted molar refractivity (Wildman–Crippen MR) is 105 cm³/mol. The lowest BCUT2D eigenvalue weighted by Gasteiger charge is -2.31. The van der Waals surface area contributed by atoms with Crippen molar-refractivity contribution in [1.82, 2.24) is 10.2 Å². The van der Waals surface area contributed by atoms with Gasteiger partial charge < -0.3 is 10.1 Å². The van der Waals surface area contributed by atoms with Crippen molar-refractivity contribution in [2.75, 3.05) is 32.8 Å². The third-order valence-corrected chi connectivity index (χ3v) is 5.03. The molecule has 1 aliphatic heterocycles. The summed E-state index contributed by atoms with van der Waals surface area (Å²) in [6, 6.07) is 15.2. The van der Waals surface area contributed by atoms with Gasteiger partial charge in [-0.2, -0.15) is 0 Å². The van der Waals surface area contributed by atoms with Crippen molar-refractivity contribution in [2.24, 2.45) is 0 Å². The number of hydrogen-bond donors (Lipinski definition) is 1. The largest absolute Gasteiger partial charge is 0.379 e. The van der Waals surface area contributed by atoms with Crippen molar-refractivity contribution < 1.29 is 9.53 Å². The van der Waals surface area contributed by atoms with Crippen LogP contribution in [0.15, 0.2) is 48.5 Å². The fourth-order valence-corrected chi connectivity index (χ4v) is 3.52. The molecule has 2 aromatic carbocycles. The first-order valence-electron chi connectivity index (χ1n) is 8.70. The quantitative estimate of drug-likeness (QED) is 0.813. The van der Waals surface area contributed by atoms with Gasteiger partial charge in [0.2, 0.25) is 5.91 Å². The van der Waals surface area contributed by atoms with E-state index < -0.39 is 0 Å². The monoisotopic (exact) mass is 392 g/mol. The fraction of sp³-hybridized carbons (Fsp3) is 0.350. The van der Waals surface area contributed by atoms with Crippen LogP contribution < -0.4 is 5.32 Å². The Morgan fingerprint density at radius 2 is 1.85 bits per heavy atom. The molecule has 0 aliphatic carbocycles. The van der Waals surface area contributed by atoms with Crippen LogP contribution in [-0.4, -0.2) is 43.7 Å². The van der Waals surface area contributed by atoms with Gasteiger partial charge in [-0.15, -0.1) is 0 Å². The Morgan fingerprint density at radius 3 is 2.54 bits per heavy atom. The zero-order chi connectivity index (χ0) is 18.4. The van der Waals surface area contributed by atoms with Crippen LogP contribution in [0.4, 0.5) is 0 Å². The van der Waals surface area contributed by atoms with E-state index in [0.717, 1.165) is 44.0 Å². The Bertz CT molecular complexity index is 734. The molecule has 6 heteroatoms. The number of ether oxygens (including phenoxy) is 1. The maximum absolute atomic E-state index is 12.6. The molecular weight excluding hydrogens is 371 g/mol. The molecule has 1 saturated heterocycles. The van der Waals surface area contributed by atoms with E-state index in [1.807, 2.05) is 30.3 Å². The van der Waals surface area contributed by atoms with Gasteiger partial charge in [0.1, 0.15) is 0 Å². The molecule has 1 amide bonds. The van der Waals surface area contributed by atoms with Crippen molar-refractivity contribution in [3.05, 3.63) is 69.7 Å². The van der Waals surface area contributed by atoms with E-state index in [2.05, 4.69) is 10.2 Å². The number of carbonyl (C=O) groups excluding carboxylic acids is 1. The second-order valence-corrected chi connectivity index (χ2v) is 7.20. The minimum Gasteiger partial charge on any atom is -0.379 e. The molecule has 0 aromatic heterocycles. The number of hydrogen-bond acceptors (Lipinski definition) is 3. The van der Waals surface area contributed by atoms with Crippen LogP contribution in [0.2, 0.25) is 10.0 Å². The molecule has 138 valence electrons. The molecule has 0 radical (unpaired) electrons. The molecule has 3 rings (SSSR count). The molecule has 1 fully saturated rings. The van der Waals surface area contributed by atoms with Crippen LogP contribution in [0.25, 0.3) is 0 Å². The molecule has 1 N–H and O–H groups in total. The van der Waals surface area contributed by atoms with Gasteiger partial charge >= 0.3 is 0 Å². The zero-order valence-electron chi connectivity index (χ0n) is 14.5. The summed E-state index contributed by atoms with van der Waals surface area (Å²) in [5.41, 5.74) is 1.86. The third-order valence-electron chi connectivity index (χ3n) is 4.45. The average Bonchev–Trinajstić information content (AvgIpc) is 2.65. The molecule has 1 heterocycles. The second-order valence-electron chi connectivity index (χ2n) is 6.36. The molecule has 0 bridgehead atoms. The van der Waals surface area contributed by atoms with Gasteiger partial charge in [-0.1, -0.05) is 59.6 Å². The molecule has 0 saturated carbocycles. The van der Waals surface area contributed by atoms with Crippen molar-refractivity contribution >= 4 is 29.1 Å². The highest BCUT2D eigenvalue weighted by atomic mass is 35.5. The third kappa shape index (κ3) is 5.45. The first-order valence-corrected chi connectivity index (χ1v) is 9.46. The lowest BCUT2D eigenvalue weighted by Crippen LogP contribution is -2.43. The first kappa shape index (κ1) is 19.2. The summed E-state index contributed by atoms with van der Waals surface area (Å²) in [6.07, 6.45) is 0.225. The van der Waals surface area contributed by atoms with E-state index in [9.17, 15) is 4.79 Å². The van der Waals surface area contributed by atoms with Gasteiger partial charge in [-0.25, -0.2) is 0 Å². The summed E-state index contributed by atoms with van der Waals surface area (Å²) in [7, 11) is 0. The van der Waals surface area contributed by atoms with Gasteiger partial charge in [0.05, 0.1) is 25.7 Å². The standard InChI is InChI=1S/C20H22Cl2N2O2/c21-17-7-6-16(18(22)13-17)12-20(25)23-19(15-4-2-1-3-5-15)14-24-8-10-26-11-9-24/h1-7,13,19H,8-12,14H2,(H,23,25). The lowest BCUT2D eigenvalue weighted by atomic mass is 10.0. The summed E-state index contributed by atoms with van der Waals surface area (Å²) in [6.45, 7) is 3.98. The number of rotatable bonds is 6. The maximum atomic E-state index is 12.6. The summed E-state index contributed by atoms with van der Waals surface area (Å²) >= 11 is 12.1. The number of morpholine rings is 1. The van der Waals surface area contributed by atoms with Gasteiger partial charge in [0.25, 0.3) is 0 Å². The minimum absolute atomic E-state index is 0.0589. The fourth-order valence-electron chi connectivity index (χ4n) is 3.05. The van der Waals surface area contributed by atoms with E-state index in [1.54, 1.807) is 18.2 Å². The molecule has 0 spiro atoms. The number of carbonyl (C=O) groups is 1. The van der Waals surface area contributed by atoms with Crippen molar-refractivity contribution in [1.29, 1.82) is 0 Å². The number of nitrogens with zero attached hydrogens (tertiary/aromatic N) is 1. The summed E-state index contributed by atoms with van der Waals surface area (Å²) in [5.74, 6) is -0.0589. The minimum atomic E-state index is -0.0760. The van der Waals surface area contributed by atoms with Crippen LogP contribution in [0, 0.1) is 0 Å².